The zero-order valence-corrected chi connectivity index (χ0v) is 11.1. The predicted octanol–water partition coefficient (Wildman–Crippen LogP) is 2.59. The fourth-order valence-corrected chi connectivity index (χ4v) is 2.19. The molecule has 4 nitrogen and oxygen atoms in total. The van der Waals surface area contributed by atoms with Gasteiger partial charge < -0.3 is 14.2 Å². The molecule has 0 aromatic heterocycles. The third kappa shape index (κ3) is 3.04. The summed E-state index contributed by atoms with van der Waals surface area (Å²) >= 11 is 0. The smallest absolute Gasteiger partial charge is 0.168 e. The lowest BCUT2D eigenvalue weighted by atomic mass is 10.0. The molecule has 1 aromatic rings. The Morgan fingerprint density at radius 3 is 2.63 bits per heavy atom. The fraction of sp³-hybridized carbons (Fsp3) is 0.500. The maximum atomic E-state index is 13.9. The Bertz CT molecular complexity index is 467. The molecule has 0 bridgehead atoms. The van der Waals surface area contributed by atoms with Crippen molar-refractivity contribution in [2.45, 2.75) is 25.4 Å². The van der Waals surface area contributed by atoms with Gasteiger partial charge in [0.2, 0.25) is 0 Å². The van der Waals surface area contributed by atoms with E-state index in [1.54, 1.807) is 0 Å². The summed E-state index contributed by atoms with van der Waals surface area (Å²) in [4.78, 5) is 12.1. The molecule has 0 N–H and O–H groups in total. The third-order valence-electron chi connectivity index (χ3n) is 3.21. The molecule has 1 aliphatic rings. The molecule has 1 saturated heterocycles. The van der Waals surface area contributed by atoms with Crippen molar-refractivity contribution in [3.63, 3.8) is 0 Å². The molecule has 1 atom stereocenters. The Morgan fingerprint density at radius 2 is 2.05 bits per heavy atom. The summed E-state index contributed by atoms with van der Waals surface area (Å²) in [5.41, 5.74) is 0.0214. The van der Waals surface area contributed by atoms with Crippen LogP contribution in [-0.2, 0) is 4.74 Å². The second-order valence-corrected chi connectivity index (χ2v) is 4.45. The third-order valence-corrected chi connectivity index (χ3v) is 3.21. The first-order valence-corrected chi connectivity index (χ1v) is 6.22. The maximum Gasteiger partial charge on any atom is 0.168 e. The van der Waals surface area contributed by atoms with Crippen molar-refractivity contribution in [2.75, 3.05) is 20.8 Å². The first-order chi connectivity index (χ1) is 9.15. The van der Waals surface area contributed by atoms with Gasteiger partial charge in [-0.25, -0.2) is 4.39 Å². The Kier molecular flexibility index (Phi) is 4.37. The van der Waals surface area contributed by atoms with Crippen molar-refractivity contribution in [3.05, 3.63) is 23.5 Å². The van der Waals surface area contributed by atoms with Crippen LogP contribution in [0.4, 0.5) is 4.39 Å². The molecule has 1 aliphatic heterocycles. The number of hydrogen-bond acceptors (Lipinski definition) is 4. The predicted molar refractivity (Wildman–Crippen MR) is 67.4 cm³/mol. The van der Waals surface area contributed by atoms with E-state index in [0.717, 1.165) is 12.8 Å². The van der Waals surface area contributed by atoms with Crippen LogP contribution in [0.2, 0.25) is 0 Å². The van der Waals surface area contributed by atoms with Crippen molar-refractivity contribution in [1.82, 2.24) is 0 Å². The van der Waals surface area contributed by atoms with Crippen LogP contribution in [0.3, 0.4) is 0 Å². The van der Waals surface area contributed by atoms with Gasteiger partial charge in [0.05, 0.1) is 25.9 Å². The van der Waals surface area contributed by atoms with Crippen LogP contribution in [0.1, 0.15) is 29.6 Å². The van der Waals surface area contributed by atoms with Gasteiger partial charge in [-0.1, -0.05) is 0 Å². The number of ether oxygens (including phenoxy) is 3. The monoisotopic (exact) mass is 268 g/mol. The lowest BCUT2D eigenvalue weighted by Crippen LogP contribution is -2.14. The molecule has 5 heteroatoms. The molecule has 0 radical (unpaired) electrons. The van der Waals surface area contributed by atoms with Gasteiger partial charge in [0.15, 0.2) is 17.3 Å². The fourth-order valence-electron chi connectivity index (χ4n) is 2.19. The van der Waals surface area contributed by atoms with Gasteiger partial charge in [-0.15, -0.1) is 0 Å². The van der Waals surface area contributed by atoms with Crippen LogP contribution in [0, 0.1) is 5.82 Å². The number of benzene rings is 1. The summed E-state index contributed by atoms with van der Waals surface area (Å²) in [6.45, 7) is 0.673. The number of Topliss-reactive ketones (excluding diaryl/α,β-unsaturated/α-hetero) is 1. The molecule has 0 saturated carbocycles. The lowest BCUT2D eigenvalue weighted by Gasteiger charge is -2.12. The van der Waals surface area contributed by atoms with E-state index in [0.29, 0.717) is 12.4 Å². The highest BCUT2D eigenvalue weighted by Crippen LogP contribution is 2.31. The topological polar surface area (TPSA) is 44.8 Å². The van der Waals surface area contributed by atoms with Gasteiger partial charge >= 0.3 is 0 Å². The van der Waals surface area contributed by atoms with Crippen molar-refractivity contribution < 1.29 is 23.4 Å². The van der Waals surface area contributed by atoms with Gasteiger partial charge in [-0.2, -0.15) is 0 Å². The second kappa shape index (κ2) is 6.02. The van der Waals surface area contributed by atoms with Gasteiger partial charge in [0, 0.05) is 19.1 Å². The first-order valence-electron chi connectivity index (χ1n) is 6.22. The molecule has 1 fully saturated rings. The number of rotatable bonds is 5. The lowest BCUT2D eigenvalue weighted by molar-refractivity contribution is 0.0772. The molecule has 1 aromatic carbocycles. The highest BCUT2D eigenvalue weighted by molar-refractivity contribution is 5.97. The zero-order chi connectivity index (χ0) is 13.8. The second-order valence-electron chi connectivity index (χ2n) is 4.45. The standard InChI is InChI=1S/C14H17FO4/c1-17-13-7-10(11(15)8-14(13)18-2)12(16)6-9-4-3-5-19-9/h7-9H,3-6H2,1-2H3. The Labute approximate surface area is 111 Å². The molecule has 1 unspecified atom stereocenters. The van der Waals surface area contributed by atoms with E-state index < -0.39 is 5.82 Å². The van der Waals surface area contributed by atoms with Crippen molar-refractivity contribution >= 4 is 5.78 Å². The van der Waals surface area contributed by atoms with E-state index in [1.807, 2.05) is 0 Å². The summed E-state index contributed by atoms with van der Waals surface area (Å²) in [7, 11) is 2.87. The number of carbonyl (C=O) groups is 1. The molecular formula is C14H17FO4. The van der Waals surface area contributed by atoms with E-state index in [1.165, 1.54) is 26.4 Å². The van der Waals surface area contributed by atoms with Crippen LogP contribution in [0.25, 0.3) is 0 Å². The van der Waals surface area contributed by atoms with Crippen LogP contribution in [0.5, 0.6) is 11.5 Å². The molecule has 0 spiro atoms. The summed E-state index contributed by atoms with van der Waals surface area (Å²) in [5.74, 6) is -0.251. The minimum Gasteiger partial charge on any atom is -0.493 e. The molecule has 2 rings (SSSR count). The summed E-state index contributed by atoms with van der Waals surface area (Å²) in [6, 6.07) is 2.55. The first kappa shape index (κ1) is 13.8. The molecule has 0 amide bonds. The highest BCUT2D eigenvalue weighted by atomic mass is 19.1. The van der Waals surface area contributed by atoms with Gasteiger partial charge in [-0.05, 0) is 18.9 Å². The van der Waals surface area contributed by atoms with E-state index in [4.69, 9.17) is 14.2 Å². The number of halogens is 1. The number of ketones is 1. The van der Waals surface area contributed by atoms with Crippen molar-refractivity contribution in [1.29, 1.82) is 0 Å². The number of carbonyl (C=O) groups excluding carboxylic acids is 1. The summed E-state index contributed by atoms with van der Waals surface area (Å²) in [5, 5.41) is 0. The largest absolute Gasteiger partial charge is 0.493 e. The Balaban J connectivity index is 2.20. The van der Waals surface area contributed by atoms with Crippen LogP contribution in [0.15, 0.2) is 12.1 Å². The quantitative estimate of drug-likeness (QED) is 0.770. The highest BCUT2D eigenvalue weighted by Gasteiger charge is 2.23. The zero-order valence-electron chi connectivity index (χ0n) is 11.1. The number of hydrogen-bond donors (Lipinski definition) is 0. The van der Waals surface area contributed by atoms with Crippen LogP contribution >= 0.6 is 0 Å². The summed E-state index contributed by atoms with van der Waals surface area (Å²) < 4.78 is 29.3. The molecule has 1 heterocycles. The molecular weight excluding hydrogens is 251 g/mol. The Morgan fingerprint density at radius 1 is 1.37 bits per heavy atom. The minimum absolute atomic E-state index is 0.0214. The summed E-state index contributed by atoms with van der Waals surface area (Å²) in [6.07, 6.45) is 1.90. The van der Waals surface area contributed by atoms with Gasteiger partial charge in [0.1, 0.15) is 5.82 Å². The van der Waals surface area contributed by atoms with Crippen LogP contribution in [-0.4, -0.2) is 32.7 Å². The average Bonchev–Trinajstić information content (AvgIpc) is 2.90. The van der Waals surface area contributed by atoms with Crippen LogP contribution < -0.4 is 9.47 Å². The van der Waals surface area contributed by atoms with Gasteiger partial charge in [-0.3, -0.25) is 4.79 Å². The molecule has 104 valence electrons. The molecule has 0 aliphatic carbocycles. The normalized spacial score (nSPS) is 18.4. The van der Waals surface area contributed by atoms with Gasteiger partial charge in [0.25, 0.3) is 0 Å². The van der Waals surface area contributed by atoms with Crippen molar-refractivity contribution in [3.8, 4) is 11.5 Å². The maximum absolute atomic E-state index is 13.9. The number of methoxy groups -OCH3 is 2. The van der Waals surface area contributed by atoms with E-state index in [9.17, 15) is 9.18 Å². The van der Waals surface area contributed by atoms with E-state index in [2.05, 4.69) is 0 Å². The Hall–Kier alpha value is -1.62. The van der Waals surface area contributed by atoms with E-state index in [-0.39, 0.29) is 29.6 Å². The minimum atomic E-state index is -0.597. The van der Waals surface area contributed by atoms with E-state index >= 15 is 0 Å². The average molecular weight is 268 g/mol. The van der Waals surface area contributed by atoms with Crippen molar-refractivity contribution in [2.24, 2.45) is 0 Å². The SMILES string of the molecule is COc1cc(F)c(C(=O)CC2CCCO2)cc1OC. The molecule has 19 heavy (non-hydrogen) atoms.